The van der Waals surface area contributed by atoms with Crippen LogP contribution in [0.1, 0.15) is 6.92 Å². The van der Waals surface area contributed by atoms with Gasteiger partial charge in [-0.2, -0.15) is 43.2 Å². The highest BCUT2D eigenvalue weighted by atomic mass is 32.3. The van der Waals surface area contributed by atoms with Crippen molar-refractivity contribution < 1.29 is 48.0 Å². The van der Waals surface area contributed by atoms with Crippen molar-refractivity contribution >= 4 is 37.3 Å². The summed E-state index contributed by atoms with van der Waals surface area (Å²) >= 11 is 0. The van der Waals surface area contributed by atoms with E-state index in [1.54, 1.807) is 0 Å². The fourth-order valence-electron chi connectivity index (χ4n) is 1.46. The number of alkyl halides is 6. The van der Waals surface area contributed by atoms with Gasteiger partial charge in [0.05, 0.1) is 5.69 Å². The molecule has 0 aliphatic carbocycles. The Morgan fingerprint density at radius 1 is 0.880 bits per heavy atom. The molecular formula is C10H8F6N2O5S2. The Morgan fingerprint density at radius 2 is 1.24 bits per heavy atom. The lowest BCUT2D eigenvalue weighted by Gasteiger charge is -2.25. The third-order valence-electron chi connectivity index (χ3n) is 2.42. The van der Waals surface area contributed by atoms with Gasteiger partial charge in [-0.3, -0.25) is 4.79 Å². The van der Waals surface area contributed by atoms with E-state index in [-0.39, 0.29) is 5.69 Å². The van der Waals surface area contributed by atoms with Crippen molar-refractivity contribution in [2.75, 3.05) is 9.03 Å². The molecule has 0 aliphatic rings. The molecule has 0 saturated carbocycles. The molecule has 1 N–H and O–H groups in total. The lowest BCUT2D eigenvalue weighted by Crippen LogP contribution is -2.49. The van der Waals surface area contributed by atoms with Crippen molar-refractivity contribution in [1.82, 2.24) is 0 Å². The van der Waals surface area contributed by atoms with Gasteiger partial charge in [-0.1, -0.05) is 0 Å². The zero-order valence-electron chi connectivity index (χ0n) is 11.9. The van der Waals surface area contributed by atoms with Crippen molar-refractivity contribution in [2.24, 2.45) is 0 Å². The molecule has 0 saturated heterocycles. The Kier molecular flexibility index (Phi) is 5.35. The third kappa shape index (κ3) is 4.15. The summed E-state index contributed by atoms with van der Waals surface area (Å²) in [5, 5.41) is 2.11. The van der Waals surface area contributed by atoms with Gasteiger partial charge in [-0.25, -0.2) is 0 Å². The Morgan fingerprint density at radius 3 is 1.52 bits per heavy atom. The summed E-state index contributed by atoms with van der Waals surface area (Å²) in [7, 11) is -13.9. The van der Waals surface area contributed by atoms with E-state index in [2.05, 4.69) is 5.32 Å². The fourth-order valence-corrected chi connectivity index (χ4v) is 4.18. The van der Waals surface area contributed by atoms with E-state index in [0.717, 1.165) is 19.1 Å². The molecule has 142 valence electrons. The highest BCUT2D eigenvalue weighted by Gasteiger charge is 2.61. The number of nitrogens with zero attached hydrogens (tertiary/aromatic N) is 1. The maximum atomic E-state index is 12.6. The first-order valence-electron chi connectivity index (χ1n) is 5.82. The third-order valence-corrected chi connectivity index (χ3v) is 6.06. The van der Waals surface area contributed by atoms with E-state index >= 15 is 0 Å². The Hall–Kier alpha value is -2.03. The highest BCUT2D eigenvalue weighted by molar-refractivity contribution is 8.11. The molecule has 0 fully saturated rings. The normalized spacial score (nSPS) is 13.4. The molecule has 0 atom stereocenters. The molecule has 0 aliphatic heterocycles. The Bertz CT molecular complexity index is 815. The summed E-state index contributed by atoms with van der Waals surface area (Å²) in [6.45, 7) is 1.04. The quantitative estimate of drug-likeness (QED) is 0.761. The van der Waals surface area contributed by atoms with Crippen LogP contribution in [0.25, 0.3) is 0 Å². The highest BCUT2D eigenvalue weighted by Crippen LogP contribution is 2.38. The van der Waals surface area contributed by atoms with E-state index in [4.69, 9.17) is 0 Å². The molecule has 0 bridgehead atoms. The monoisotopic (exact) mass is 414 g/mol. The fraction of sp³-hybridized carbons (Fsp3) is 0.300. The summed E-state index contributed by atoms with van der Waals surface area (Å²) in [4.78, 5) is 10.8. The number of carbonyl (C=O) groups excluding carboxylic acids is 1. The minimum absolute atomic E-state index is 0.120. The van der Waals surface area contributed by atoms with Crippen LogP contribution >= 0.6 is 0 Å². The number of halogens is 6. The first kappa shape index (κ1) is 21.0. The van der Waals surface area contributed by atoms with Gasteiger partial charge >= 0.3 is 31.1 Å². The average Bonchev–Trinajstić information content (AvgIpc) is 2.37. The molecule has 0 unspecified atom stereocenters. The number of anilines is 2. The Labute approximate surface area is 137 Å². The van der Waals surface area contributed by atoms with Crippen molar-refractivity contribution in [2.45, 2.75) is 17.9 Å². The summed E-state index contributed by atoms with van der Waals surface area (Å²) < 4.78 is 119. The molecule has 0 aromatic heterocycles. The van der Waals surface area contributed by atoms with Crippen LogP contribution < -0.4 is 9.03 Å². The van der Waals surface area contributed by atoms with E-state index in [0.29, 0.717) is 12.1 Å². The summed E-state index contributed by atoms with van der Waals surface area (Å²) in [6.07, 6.45) is 0. The van der Waals surface area contributed by atoms with Crippen LogP contribution in [0, 0.1) is 0 Å². The molecule has 0 radical (unpaired) electrons. The molecule has 1 amide bonds. The maximum absolute atomic E-state index is 12.6. The van der Waals surface area contributed by atoms with Crippen LogP contribution in [0.15, 0.2) is 24.3 Å². The molecule has 1 aromatic rings. The van der Waals surface area contributed by atoms with Crippen LogP contribution in [0.4, 0.5) is 37.7 Å². The molecule has 15 heteroatoms. The van der Waals surface area contributed by atoms with Gasteiger partial charge < -0.3 is 5.32 Å². The van der Waals surface area contributed by atoms with Gasteiger partial charge in [0.25, 0.3) is 0 Å². The summed E-state index contributed by atoms with van der Waals surface area (Å²) in [5.74, 6) is -0.643. The molecule has 0 heterocycles. The number of hydrogen-bond acceptors (Lipinski definition) is 5. The minimum Gasteiger partial charge on any atom is -0.326 e. The molecule has 25 heavy (non-hydrogen) atoms. The van der Waals surface area contributed by atoms with Crippen LogP contribution in [0.2, 0.25) is 0 Å². The van der Waals surface area contributed by atoms with Gasteiger partial charge in [-0.05, 0) is 24.3 Å². The van der Waals surface area contributed by atoms with Crippen molar-refractivity contribution in [3.8, 4) is 0 Å². The van der Waals surface area contributed by atoms with Crippen molar-refractivity contribution in [1.29, 1.82) is 0 Å². The molecule has 1 rings (SSSR count). The number of nitrogens with one attached hydrogen (secondary N) is 1. The Balaban J connectivity index is 3.63. The van der Waals surface area contributed by atoms with E-state index in [1.807, 2.05) is 0 Å². The topological polar surface area (TPSA) is 101 Å². The SMILES string of the molecule is CC(=O)Nc1ccc(N(S(=O)(=O)C(F)(F)F)S(=O)(=O)C(F)(F)F)cc1. The van der Waals surface area contributed by atoms with Crippen molar-refractivity contribution in [3.05, 3.63) is 24.3 Å². The maximum Gasteiger partial charge on any atom is 0.517 e. The lowest BCUT2D eigenvalue weighted by molar-refractivity contribution is -0.114. The van der Waals surface area contributed by atoms with Gasteiger partial charge in [0.15, 0.2) is 0 Å². The van der Waals surface area contributed by atoms with E-state index < -0.39 is 46.4 Å². The second-order valence-electron chi connectivity index (χ2n) is 4.33. The number of sulfonamides is 2. The van der Waals surface area contributed by atoms with E-state index in [9.17, 15) is 48.0 Å². The van der Waals surface area contributed by atoms with Crippen LogP contribution in [-0.4, -0.2) is 33.8 Å². The summed E-state index contributed by atoms with van der Waals surface area (Å²) in [5.41, 5.74) is -14.2. The first-order valence-corrected chi connectivity index (χ1v) is 8.70. The van der Waals surface area contributed by atoms with Gasteiger partial charge in [0, 0.05) is 12.6 Å². The first-order chi connectivity index (χ1) is 11.0. The summed E-state index contributed by atoms with van der Waals surface area (Å²) in [6, 6.07) is 2.17. The smallest absolute Gasteiger partial charge is 0.326 e. The van der Waals surface area contributed by atoms with Gasteiger partial charge in [0.2, 0.25) is 5.91 Å². The molecule has 7 nitrogen and oxygen atoms in total. The van der Waals surface area contributed by atoms with Crippen molar-refractivity contribution in [3.63, 3.8) is 0 Å². The largest absolute Gasteiger partial charge is 0.517 e. The number of rotatable bonds is 4. The van der Waals surface area contributed by atoms with Gasteiger partial charge in [-0.15, -0.1) is 3.71 Å². The van der Waals surface area contributed by atoms with Crippen LogP contribution in [0.5, 0.6) is 0 Å². The average molecular weight is 414 g/mol. The lowest BCUT2D eigenvalue weighted by atomic mass is 10.3. The number of benzene rings is 1. The zero-order valence-corrected chi connectivity index (χ0v) is 13.5. The number of hydrogen-bond donors (Lipinski definition) is 1. The molecule has 0 spiro atoms. The number of carbonyl (C=O) groups is 1. The second kappa shape index (κ2) is 6.36. The van der Waals surface area contributed by atoms with Crippen LogP contribution in [0.3, 0.4) is 0 Å². The zero-order chi connectivity index (χ0) is 19.8. The minimum atomic E-state index is -6.93. The molecule has 1 aromatic carbocycles. The van der Waals surface area contributed by atoms with E-state index in [1.165, 1.54) is 0 Å². The second-order valence-corrected chi connectivity index (χ2v) is 8.11. The number of amides is 1. The standard InChI is InChI=1S/C10H8F6N2O5S2/c1-6(19)17-7-2-4-8(5-3-7)18(24(20,21)9(11,12)13)25(22,23)10(14,15)16/h2-5H,1H3,(H,17,19). The molecular weight excluding hydrogens is 406 g/mol. The van der Waals surface area contributed by atoms with Crippen LogP contribution in [-0.2, 0) is 24.8 Å². The van der Waals surface area contributed by atoms with Gasteiger partial charge in [0.1, 0.15) is 0 Å². The predicted octanol–water partition coefficient (Wildman–Crippen LogP) is 2.15. The predicted molar refractivity (Wildman–Crippen MR) is 73.2 cm³/mol.